The van der Waals surface area contributed by atoms with E-state index in [1.54, 1.807) is 0 Å². The van der Waals surface area contributed by atoms with E-state index in [4.69, 9.17) is 14.5 Å². The Labute approximate surface area is 141 Å². The third-order valence-electron chi connectivity index (χ3n) is 4.52. The Morgan fingerprint density at radius 3 is 2.39 bits per heavy atom. The molecule has 23 heavy (non-hydrogen) atoms. The second kappa shape index (κ2) is 9.11. The van der Waals surface area contributed by atoms with Crippen molar-refractivity contribution in [2.75, 3.05) is 31.2 Å². The van der Waals surface area contributed by atoms with Gasteiger partial charge in [-0.2, -0.15) is 4.98 Å². The van der Waals surface area contributed by atoms with Crippen LogP contribution in [0.15, 0.2) is 12.1 Å². The highest BCUT2D eigenvalue weighted by molar-refractivity contribution is 5.44. The van der Waals surface area contributed by atoms with Gasteiger partial charge in [-0.25, -0.2) is 0 Å². The molecule has 2 aliphatic rings. The van der Waals surface area contributed by atoms with E-state index >= 15 is 0 Å². The molecule has 0 radical (unpaired) electrons. The maximum absolute atomic E-state index is 6.15. The Bertz CT molecular complexity index is 464. The molecule has 1 aliphatic carbocycles. The van der Waals surface area contributed by atoms with Crippen molar-refractivity contribution in [3.8, 4) is 5.88 Å². The summed E-state index contributed by atoms with van der Waals surface area (Å²) in [6, 6.07) is 4.20. The monoisotopic (exact) mass is 320 g/mol. The molecule has 1 aliphatic heterocycles. The minimum Gasteiger partial charge on any atom is -0.474 e. The minimum atomic E-state index is 0.341. The Balaban J connectivity index is 0.000000924. The molecule has 0 unspecified atom stereocenters. The standard InChI is InChI=1S/C17H26N2O2.C2H6/c1-13-3-5-15(6-4-13)21-17-12-14(2)11-16(18-17)19-7-9-20-10-8-19;1-2/h11-13,15H,3-10H2,1-2H3;1-2H3. The second-order valence-electron chi connectivity index (χ2n) is 6.44. The molecule has 1 saturated carbocycles. The summed E-state index contributed by atoms with van der Waals surface area (Å²) < 4.78 is 11.6. The fourth-order valence-electron chi connectivity index (χ4n) is 3.15. The molecule has 0 N–H and O–H groups in total. The molecule has 2 heterocycles. The lowest BCUT2D eigenvalue weighted by Crippen LogP contribution is -2.36. The molecule has 1 aromatic rings. The summed E-state index contributed by atoms with van der Waals surface area (Å²) >= 11 is 0. The van der Waals surface area contributed by atoms with E-state index in [9.17, 15) is 0 Å². The Kier molecular flexibility index (Phi) is 7.15. The SMILES string of the molecule is CC.Cc1cc(OC2CCC(C)CC2)nc(N2CCOCC2)c1. The summed E-state index contributed by atoms with van der Waals surface area (Å²) in [5.74, 6) is 2.66. The third-order valence-corrected chi connectivity index (χ3v) is 4.52. The number of pyridine rings is 1. The topological polar surface area (TPSA) is 34.6 Å². The summed E-state index contributed by atoms with van der Waals surface area (Å²) in [4.78, 5) is 7.00. The van der Waals surface area contributed by atoms with Crippen LogP contribution in [0.4, 0.5) is 5.82 Å². The van der Waals surface area contributed by atoms with Gasteiger partial charge >= 0.3 is 0 Å². The van der Waals surface area contributed by atoms with Crippen LogP contribution in [0.3, 0.4) is 0 Å². The van der Waals surface area contributed by atoms with E-state index in [1.807, 2.05) is 13.8 Å². The second-order valence-corrected chi connectivity index (χ2v) is 6.44. The molecule has 0 bridgehead atoms. The summed E-state index contributed by atoms with van der Waals surface area (Å²) in [5.41, 5.74) is 1.21. The van der Waals surface area contributed by atoms with Crippen molar-refractivity contribution in [2.24, 2.45) is 5.92 Å². The average molecular weight is 320 g/mol. The summed E-state index contributed by atoms with van der Waals surface area (Å²) in [6.45, 7) is 11.8. The Morgan fingerprint density at radius 2 is 1.74 bits per heavy atom. The van der Waals surface area contributed by atoms with Crippen LogP contribution in [0.1, 0.15) is 52.0 Å². The van der Waals surface area contributed by atoms with E-state index in [1.165, 1.54) is 18.4 Å². The molecule has 130 valence electrons. The first kappa shape index (κ1) is 18.1. The first-order chi connectivity index (χ1) is 11.2. The number of anilines is 1. The molecule has 4 nitrogen and oxygen atoms in total. The molecule has 2 fully saturated rings. The van der Waals surface area contributed by atoms with Crippen molar-refractivity contribution < 1.29 is 9.47 Å². The van der Waals surface area contributed by atoms with Crippen LogP contribution >= 0.6 is 0 Å². The van der Waals surface area contributed by atoms with E-state index in [0.29, 0.717) is 6.10 Å². The van der Waals surface area contributed by atoms with Gasteiger partial charge in [-0.15, -0.1) is 0 Å². The van der Waals surface area contributed by atoms with Gasteiger partial charge in [0.2, 0.25) is 5.88 Å². The van der Waals surface area contributed by atoms with Gasteiger partial charge in [-0.3, -0.25) is 0 Å². The van der Waals surface area contributed by atoms with Crippen molar-refractivity contribution in [3.63, 3.8) is 0 Å². The Morgan fingerprint density at radius 1 is 1.09 bits per heavy atom. The molecule has 1 aromatic heterocycles. The molecule has 0 atom stereocenters. The van der Waals surface area contributed by atoms with Crippen LogP contribution in [0, 0.1) is 12.8 Å². The molecule has 0 aromatic carbocycles. The molecule has 4 heteroatoms. The zero-order valence-electron chi connectivity index (χ0n) is 15.2. The lowest BCUT2D eigenvalue weighted by atomic mass is 9.89. The van der Waals surface area contributed by atoms with Crippen LogP contribution in [-0.2, 0) is 4.74 Å². The zero-order chi connectivity index (χ0) is 16.7. The third kappa shape index (κ3) is 5.38. The van der Waals surface area contributed by atoms with E-state index in [0.717, 1.165) is 56.8 Å². The van der Waals surface area contributed by atoms with Gasteiger partial charge in [0.15, 0.2) is 0 Å². The van der Waals surface area contributed by atoms with Crippen molar-refractivity contribution in [1.82, 2.24) is 4.98 Å². The molecule has 3 rings (SSSR count). The quantitative estimate of drug-likeness (QED) is 0.835. The average Bonchev–Trinajstić information content (AvgIpc) is 2.59. The van der Waals surface area contributed by atoms with E-state index < -0.39 is 0 Å². The molecule has 0 amide bonds. The maximum Gasteiger partial charge on any atom is 0.215 e. The number of morpholine rings is 1. The van der Waals surface area contributed by atoms with Crippen LogP contribution in [-0.4, -0.2) is 37.4 Å². The lowest BCUT2D eigenvalue weighted by Gasteiger charge is -2.29. The highest BCUT2D eigenvalue weighted by Crippen LogP contribution is 2.28. The molecular formula is C19H32N2O2. The van der Waals surface area contributed by atoms with Gasteiger partial charge in [-0.05, 0) is 50.2 Å². The predicted octanol–water partition coefficient (Wildman–Crippen LogP) is 4.21. The van der Waals surface area contributed by atoms with Gasteiger partial charge in [0.05, 0.1) is 13.2 Å². The van der Waals surface area contributed by atoms with Crippen molar-refractivity contribution in [3.05, 3.63) is 17.7 Å². The van der Waals surface area contributed by atoms with Gasteiger partial charge in [0.25, 0.3) is 0 Å². The van der Waals surface area contributed by atoms with Crippen LogP contribution in [0.5, 0.6) is 5.88 Å². The van der Waals surface area contributed by atoms with Gasteiger partial charge in [0.1, 0.15) is 11.9 Å². The lowest BCUT2D eigenvalue weighted by molar-refractivity contribution is 0.121. The first-order valence-electron chi connectivity index (χ1n) is 9.19. The highest BCUT2D eigenvalue weighted by Gasteiger charge is 2.21. The van der Waals surface area contributed by atoms with Crippen LogP contribution < -0.4 is 9.64 Å². The van der Waals surface area contributed by atoms with E-state index in [-0.39, 0.29) is 0 Å². The maximum atomic E-state index is 6.15. The van der Waals surface area contributed by atoms with E-state index in [2.05, 4.69) is 30.9 Å². The summed E-state index contributed by atoms with van der Waals surface area (Å²) in [5, 5.41) is 0. The number of ether oxygens (including phenoxy) is 2. The fraction of sp³-hybridized carbons (Fsp3) is 0.737. The summed E-state index contributed by atoms with van der Waals surface area (Å²) in [6.07, 6.45) is 5.19. The van der Waals surface area contributed by atoms with Crippen LogP contribution in [0.2, 0.25) is 0 Å². The Hall–Kier alpha value is -1.29. The highest BCUT2D eigenvalue weighted by atomic mass is 16.5. The smallest absolute Gasteiger partial charge is 0.215 e. The number of nitrogens with zero attached hydrogens (tertiary/aromatic N) is 2. The van der Waals surface area contributed by atoms with Gasteiger partial charge < -0.3 is 14.4 Å². The number of aromatic nitrogens is 1. The van der Waals surface area contributed by atoms with Crippen molar-refractivity contribution in [1.29, 1.82) is 0 Å². The molecule has 1 saturated heterocycles. The molecule has 0 spiro atoms. The number of hydrogen-bond donors (Lipinski definition) is 0. The number of rotatable bonds is 3. The van der Waals surface area contributed by atoms with Crippen molar-refractivity contribution in [2.45, 2.75) is 59.5 Å². The van der Waals surface area contributed by atoms with Crippen LogP contribution in [0.25, 0.3) is 0 Å². The zero-order valence-corrected chi connectivity index (χ0v) is 15.2. The largest absolute Gasteiger partial charge is 0.474 e. The summed E-state index contributed by atoms with van der Waals surface area (Å²) in [7, 11) is 0. The number of aryl methyl sites for hydroxylation is 1. The molecular weight excluding hydrogens is 288 g/mol. The van der Waals surface area contributed by atoms with Gasteiger partial charge in [-0.1, -0.05) is 20.8 Å². The number of hydrogen-bond acceptors (Lipinski definition) is 4. The van der Waals surface area contributed by atoms with Crippen molar-refractivity contribution >= 4 is 5.82 Å². The fourth-order valence-corrected chi connectivity index (χ4v) is 3.15. The predicted molar refractivity (Wildman–Crippen MR) is 95.4 cm³/mol. The first-order valence-corrected chi connectivity index (χ1v) is 9.19. The van der Waals surface area contributed by atoms with Gasteiger partial charge in [0, 0.05) is 19.2 Å². The normalized spacial score (nSPS) is 24.6. The minimum absolute atomic E-state index is 0.341.